The second-order valence-electron chi connectivity index (χ2n) is 5.54. The predicted octanol–water partition coefficient (Wildman–Crippen LogP) is 2.21. The lowest BCUT2D eigenvalue weighted by atomic mass is 9.87. The van der Waals surface area contributed by atoms with Gasteiger partial charge in [0, 0.05) is 11.7 Å². The minimum absolute atomic E-state index is 0.0699. The highest BCUT2D eigenvalue weighted by molar-refractivity contribution is 7.90. The molecule has 1 aromatic rings. The molecule has 0 aliphatic heterocycles. The number of aryl methyl sites for hydroxylation is 1. The Kier molecular flexibility index (Phi) is 3.21. The fourth-order valence-electron chi connectivity index (χ4n) is 2.57. The van der Waals surface area contributed by atoms with Gasteiger partial charge in [-0.1, -0.05) is 0 Å². The Morgan fingerprint density at radius 3 is 2.32 bits per heavy atom. The number of hydrogen-bond acceptors (Lipinski definition) is 3. The second-order valence-corrected chi connectivity index (χ2v) is 7.55. The Labute approximate surface area is 113 Å². The van der Waals surface area contributed by atoms with Crippen molar-refractivity contribution in [3.63, 3.8) is 0 Å². The molecular formula is C14H18O4S. The van der Waals surface area contributed by atoms with Crippen LogP contribution in [0.4, 0.5) is 0 Å². The summed E-state index contributed by atoms with van der Waals surface area (Å²) in [6.07, 6.45) is 2.87. The number of hydrogen-bond donors (Lipinski definition) is 1. The first-order chi connectivity index (χ1) is 8.66. The summed E-state index contributed by atoms with van der Waals surface area (Å²) < 4.78 is 23.4. The number of aliphatic carboxylic acids is 1. The van der Waals surface area contributed by atoms with Crippen molar-refractivity contribution in [3.05, 3.63) is 28.8 Å². The highest BCUT2D eigenvalue weighted by Gasteiger charge is 2.47. The zero-order valence-corrected chi connectivity index (χ0v) is 12.2. The van der Waals surface area contributed by atoms with Crippen LogP contribution in [-0.2, 0) is 20.0 Å². The molecule has 0 bridgehead atoms. The molecule has 1 saturated carbocycles. The summed E-state index contributed by atoms with van der Waals surface area (Å²) in [5.41, 5.74) is 2.43. The van der Waals surface area contributed by atoms with Gasteiger partial charge in [0.25, 0.3) is 0 Å². The largest absolute Gasteiger partial charge is 0.481 e. The summed E-state index contributed by atoms with van der Waals surface area (Å²) in [7, 11) is -3.27. The molecule has 1 fully saturated rings. The molecule has 5 heteroatoms. The van der Waals surface area contributed by atoms with Crippen molar-refractivity contribution in [3.8, 4) is 0 Å². The van der Waals surface area contributed by atoms with Crippen molar-refractivity contribution in [1.29, 1.82) is 0 Å². The molecule has 0 unspecified atom stereocenters. The van der Waals surface area contributed by atoms with E-state index in [4.69, 9.17) is 5.11 Å². The summed E-state index contributed by atoms with van der Waals surface area (Å²) in [6, 6.07) is 3.32. The van der Waals surface area contributed by atoms with E-state index < -0.39 is 15.8 Å². The van der Waals surface area contributed by atoms with Gasteiger partial charge in [-0.25, -0.2) is 8.42 Å². The van der Waals surface area contributed by atoms with Crippen LogP contribution in [0.15, 0.2) is 17.0 Å². The Morgan fingerprint density at radius 2 is 1.89 bits per heavy atom. The van der Waals surface area contributed by atoms with Gasteiger partial charge >= 0.3 is 5.97 Å². The van der Waals surface area contributed by atoms with Crippen LogP contribution in [0.2, 0.25) is 0 Å². The average Bonchev–Trinajstić information content (AvgIpc) is 3.00. The maximum absolute atomic E-state index is 11.7. The summed E-state index contributed by atoms with van der Waals surface area (Å²) in [4.78, 5) is 11.3. The molecule has 104 valence electrons. The summed E-state index contributed by atoms with van der Waals surface area (Å²) in [5, 5.41) is 9.02. The molecule has 1 aliphatic carbocycles. The Balaban J connectivity index is 2.58. The standard InChI is InChI=1S/C14H18O4S/c1-9-6-11(19(3,17)18)7-12(10(9)2)14(4-5-14)8-13(15)16/h6-7H,4-5,8H2,1-3H3,(H,15,16). The number of sulfone groups is 1. The van der Waals surface area contributed by atoms with Gasteiger partial charge in [-0.2, -0.15) is 0 Å². The van der Waals surface area contributed by atoms with E-state index in [2.05, 4.69) is 0 Å². The third-order valence-corrected chi connectivity index (χ3v) is 5.08. The topological polar surface area (TPSA) is 71.4 Å². The smallest absolute Gasteiger partial charge is 0.304 e. The van der Waals surface area contributed by atoms with Crippen LogP contribution in [0, 0.1) is 13.8 Å². The van der Waals surface area contributed by atoms with E-state index in [1.54, 1.807) is 12.1 Å². The first-order valence-corrected chi connectivity index (χ1v) is 8.08. The third kappa shape index (κ3) is 2.66. The molecule has 0 amide bonds. The molecule has 4 nitrogen and oxygen atoms in total. The van der Waals surface area contributed by atoms with Crippen LogP contribution in [0.1, 0.15) is 36.0 Å². The molecule has 1 aromatic carbocycles. The molecular weight excluding hydrogens is 264 g/mol. The van der Waals surface area contributed by atoms with Crippen LogP contribution < -0.4 is 0 Å². The van der Waals surface area contributed by atoms with Crippen molar-refractivity contribution in [2.75, 3.05) is 6.26 Å². The van der Waals surface area contributed by atoms with E-state index in [0.29, 0.717) is 0 Å². The third-order valence-electron chi connectivity index (χ3n) is 3.98. The molecule has 1 N–H and O–H groups in total. The van der Waals surface area contributed by atoms with Gasteiger partial charge < -0.3 is 5.11 Å². The van der Waals surface area contributed by atoms with Gasteiger partial charge in [0.1, 0.15) is 0 Å². The first-order valence-electron chi connectivity index (χ1n) is 6.19. The quantitative estimate of drug-likeness (QED) is 0.919. The zero-order valence-electron chi connectivity index (χ0n) is 11.4. The number of carboxylic acids is 1. The fraction of sp³-hybridized carbons (Fsp3) is 0.500. The molecule has 0 atom stereocenters. The number of benzene rings is 1. The van der Waals surface area contributed by atoms with Crippen molar-refractivity contribution < 1.29 is 18.3 Å². The molecule has 0 spiro atoms. The van der Waals surface area contributed by atoms with Crippen LogP contribution in [0.3, 0.4) is 0 Å². The first kappa shape index (κ1) is 14.1. The SMILES string of the molecule is Cc1cc(S(C)(=O)=O)cc(C2(CC(=O)O)CC2)c1C. The van der Waals surface area contributed by atoms with Crippen LogP contribution in [0.25, 0.3) is 0 Å². The van der Waals surface area contributed by atoms with E-state index in [1.807, 2.05) is 13.8 Å². The maximum atomic E-state index is 11.7. The van der Waals surface area contributed by atoms with E-state index in [9.17, 15) is 13.2 Å². The number of carboxylic acid groups (broad SMARTS) is 1. The summed E-state index contributed by atoms with van der Waals surface area (Å²) in [5.74, 6) is -0.834. The highest BCUT2D eigenvalue weighted by Crippen LogP contribution is 2.52. The number of carbonyl (C=O) groups is 1. The lowest BCUT2D eigenvalue weighted by Gasteiger charge is -2.19. The van der Waals surface area contributed by atoms with Crippen LogP contribution in [-0.4, -0.2) is 25.7 Å². The minimum Gasteiger partial charge on any atom is -0.481 e. The van der Waals surface area contributed by atoms with E-state index in [-0.39, 0.29) is 16.7 Å². The molecule has 2 rings (SSSR count). The average molecular weight is 282 g/mol. The van der Waals surface area contributed by atoms with Crippen molar-refractivity contribution in [1.82, 2.24) is 0 Å². The van der Waals surface area contributed by atoms with Gasteiger partial charge in [-0.15, -0.1) is 0 Å². The van der Waals surface area contributed by atoms with Gasteiger partial charge in [0.05, 0.1) is 11.3 Å². The van der Waals surface area contributed by atoms with Crippen molar-refractivity contribution in [2.45, 2.75) is 43.4 Å². The van der Waals surface area contributed by atoms with Crippen LogP contribution >= 0.6 is 0 Å². The minimum atomic E-state index is -3.27. The highest BCUT2D eigenvalue weighted by atomic mass is 32.2. The van der Waals surface area contributed by atoms with Gasteiger partial charge in [0.15, 0.2) is 9.84 Å². The lowest BCUT2D eigenvalue weighted by molar-refractivity contribution is -0.137. The van der Waals surface area contributed by atoms with Gasteiger partial charge in [-0.05, 0) is 55.5 Å². The zero-order chi connectivity index (χ0) is 14.4. The Morgan fingerprint density at radius 1 is 1.32 bits per heavy atom. The summed E-state index contributed by atoms with van der Waals surface area (Å²) in [6.45, 7) is 3.79. The summed E-state index contributed by atoms with van der Waals surface area (Å²) >= 11 is 0. The lowest BCUT2D eigenvalue weighted by Crippen LogP contribution is -2.16. The Bertz CT molecular complexity index is 640. The molecule has 19 heavy (non-hydrogen) atoms. The maximum Gasteiger partial charge on any atom is 0.304 e. The molecule has 0 aromatic heterocycles. The van der Waals surface area contributed by atoms with E-state index in [0.717, 1.165) is 29.5 Å². The molecule has 0 heterocycles. The van der Waals surface area contributed by atoms with E-state index >= 15 is 0 Å². The number of rotatable bonds is 4. The van der Waals surface area contributed by atoms with E-state index in [1.165, 1.54) is 6.26 Å². The molecule has 1 aliphatic rings. The van der Waals surface area contributed by atoms with Crippen molar-refractivity contribution >= 4 is 15.8 Å². The normalized spacial score (nSPS) is 17.2. The molecule has 0 radical (unpaired) electrons. The molecule has 0 saturated heterocycles. The van der Waals surface area contributed by atoms with Gasteiger partial charge in [0.2, 0.25) is 0 Å². The fourth-order valence-corrected chi connectivity index (χ4v) is 3.30. The Hall–Kier alpha value is -1.36. The second kappa shape index (κ2) is 4.34. The monoisotopic (exact) mass is 282 g/mol. The predicted molar refractivity (Wildman–Crippen MR) is 72.2 cm³/mol. The van der Waals surface area contributed by atoms with Crippen LogP contribution in [0.5, 0.6) is 0 Å². The van der Waals surface area contributed by atoms with Crippen molar-refractivity contribution in [2.24, 2.45) is 0 Å². The van der Waals surface area contributed by atoms with Gasteiger partial charge in [-0.3, -0.25) is 4.79 Å².